The van der Waals surface area contributed by atoms with Crippen molar-refractivity contribution in [2.75, 3.05) is 7.11 Å². The van der Waals surface area contributed by atoms with Crippen LogP contribution >= 0.6 is 0 Å². The molecule has 5 heteroatoms. The first kappa shape index (κ1) is 13.1. The molecule has 2 rings (SSSR count). The summed E-state index contributed by atoms with van der Waals surface area (Å²) in [5.41, 5.74) is 1.03. The maximum atomic E-state index is 11.9. The highest BCUT2D eigenvalue weighted by atomic mass is 16.5. The second kappa shape index (κ2) is 6.04. The highest BCUT2D eigenvalue weighted by Gasteiger charge is 2.14. The molecule has 0 bridgehead atoms. The molecule has 1 aromatic heterocycles. The second-order valence-corrected chi connectivity index (χ2v) is 4.23. The predicted molar refractivity (Wildman–Crippen MR) is 71.8 cm³/mol. The lowest BCUT2D eigenvalue weighted by Gasteiger charge is -2.12. The first-order valence-corrected chi connectivity index (χ1v) is 6.10. The van der Waals surface area contributed by atoms with E-state index in [9.17, 15) is 4.79 Å². The Hall–Kier alpha value is -2.30. The van der Waals surface area contributed by atoms with Gasteiger partial charge >= 0.3 is 0 Å². The largest absolute Gasteiger partial charge is 0.497 e. The maximum Gasteiger partial charge on any atom is 0.244 e. The second-order valence-electron chi connectivity index (χ2n) is 4.23. The molecule has 1 heterocycles. The summed E-state index contributed by atoms with van der Waals surface area (Å²) in [4.78, 5) is 11.9. The molecule has 1 atom stereocenters. The number of nitrogens with one attached hydrogen (secondary N) is 1. The zero-order valence-electron chi connectivity index (χ0n) is 11.0. The van der Waals surface area contributed by atoms with Crippen molar-refractivity contribution in [2.45, 2.75) is 19.5 Å². The van der Waals surface area contributed by atoms with Crippen LogP contribution in [0.15, 0.2) is 42.7 Å². The number of methoxy groups -OCH3 is 1. The fourth-order valence-corrected chi connectivity index (χ4v) is 1.71. The third kappa shape index (κ3) is 3.34. The number of ether oxygens (including phenoxy) is 1. The van der Waals surface area contributed by atoms with Gasteiger partial charge in [0.25, 0.3) is 0 Å². The molecule has 19 heavy (non-hydrogen) atoms. The number of aromatic nitrogens is 2. The van der Waals surface area contributed by atoms with Gasteiger partial charge in [-0.15, -0.1) is 0 Å². The number of hydrogen-bond donors (Lipinski definition) is 1. The van der Waals surface area contributed by atoms with Crippen molar-refractivity contribution in [3.8, 4) is 5.75 Å². The van der Waals surface area contributed by atoms with Crippen molar-refractivity contribution in [2.24, 2.45) is 0 Å². The lowest BCUT2D eigenvalue weighted by Crippen LogP contribution is -2.30. The van der Waals surface area contributed by atoms with Gasteiger partial charge in [-0.2, -0.15) is 5.10 Å². The minimum atomic E-state index is -0.312. The molecule has 1 N–H and O–H groups in total. The number of carbonyl (C=O) groups excluding carboxylic acids is 1. The summed E-state index contributed by atoms with van der Waals surface area (Å²) < 4.78 is 6.71. The molecule has 0 aliphatic carbocycles. The van der Waals surface area contributed by atoms with Gasteiger partial charge in [-0.25, -0.2) is 0 Å². The molecule has 0 saturated heterocycles. The predicted octanol–water partition coefficient (Wildman–Crippen LogP) is 1.77. The van der Waals surface area contributed by atoms with Gasteiger partial charge in [-0.3, -0.25) is 9.48 Å². The molecular weight excluding hydrogens is 242 g/mol. The topological polar surface area (TPSA) is 56.1 Å². The third-order valence-electron chi connectivity index (χ3n) is 2.93. The molecule has 100 valence electrons. The van der Waals surface area contributed by atoms with Crippen LogP contribution in [-0.4, -0.2) is 22.8 Å². The Bertz CT molecular complexity index is 520. The molecule has 0 aliphatic rings. The zero-order valence-corrected chi connectivity index (χ0v) is 11.0. The van der Waals surface area contributed by atoms with Crippen LogP contribution in [0.25, 0.3) is 0 Å². The molecule has 0 aliphatic heterocycles. The number of rotatable bonds is 5. The van der Waals surface area contributed by atoms with Crippen molar-refractivity contribution in [3.05, 3.63) is 48.3 Å². The molecular formula is C14H17N3O2. The minimum Gasteiger partial charge on any atom is -0.497 e. The van der Waals surface area contributed by atoms with Crippen molar-refractivity contribution < 1.29 is 9.53 Å². The van der Waals surface area contributed by atoms with Crippen molar-refractivity contribution in [1.82, 2.24) is 15.1 Å². The summed E-state index contributed by atoms with van der Waals surface area (Å²) in [5.74, 6) is 0.750. The Morgan fingerprint density at radius 3 is 2.74 bits per heavy atom. The van der Waals surface area contributed by atoms with Gasteiger partial charge in [0.1, 0.15) is 11.8 Å². The highest BCUT2D eigenvalue weighted by Crippen LogP contribution is 2.11. The number of benzene rings is 1. The fraction of sp³-hybridized carbons (Fsp3) is 0.286. The lowest BCUT2D eigenvalue weighted by atomic mass is 10.2. The van der Waals surface area contributed by atoms with E-state index in [1.807, 2.05) is 31.2 Å². The van der Waals surface area contributed by atoms with E-state index in [-0.39, 0.29) is 11.9 Å². The molecule has 1 aromatic carbocycles. The number of carbonyl (C=O) groups is 1. The van der Waals surface area contributed by atoms with Crippen LogP contribution < -0.4 is 10.1 Å². The normalized spacial score (nSPS) is 11.9. The van der Waals surface area contributed by atoms with E-state index in [1.54, 1.807) is 30.3 Å². The third-order valence-corrected chi connectivity index (χ3v) is 2.93. The molecule has 0 saturated carbocycles. The Morgan fingerprint density at radius 2 is 2.16 bits per heavy atom. The molecule has 0 fully saturated rings. The first-order chi connectivity index (χ1) is 9.20. The monoisotopic (exact) mass is 259 g/mol. The van der Waals surface area contributed by atoms with Gasteiger partial charge in [0, 0.05) is 18.9 Å². The first-order valence-electron chi connectivity index (χ1n) is 6.10. The van der Waals surface area contributed by atoms with E-state index in [0.29, 0.717) is 6.54 Å². The summed E-state index contributed by atoms with van der Waals surface area (Å²) in [6.45, 7) is 2.31. The summed E-state index contributed by atoms with van der Waals surface area (Å²) in [5, 5.41) is 6.94. The van der Waals surface area contributed by atoms with Crippen LogP contribution in [0.1, 0.15) is 18.5 Å². The van der Waals surface area contributed by atoms with E-state index < -0.39 is 0 Å². The Morgan fingerprint density at radius 1 is 1.42 bits per heavy atom. The van der Waals surface area contributed by atoms with Crippen molar-refractivity contribution >= 4 is 5.91 Å². The van der Waals surface area contributed by atoms with E-state index in [1.165, 1.54) is 0 Å². The lowest BCUT2D eigenvalue weighted by molar-refractivity contribution is -0.124. The molecule has 1 unspecified atom stereocenters. The highest BCUT2D eigenvalue weighted by molar-refractivity contribution is 5.79. The van der Waals surface area contributed by atoms with Crippen LogP contribution in [0.2, 0.25) is 0 Å². The Kier molecular flexibility index (Phi) is 4.18. The van der Waals surface area contributed by atoms with Crippen LogP contribution in [-0.2, 0) is 11.3 Å². The van der Waals surface area contributed by atoms with Gasteiger partial charge < -0.3 is 10.1 Å². The zero-order chi connectivity index (χ0) is 13.7. The van der Waals surface area contributed by atoms with Crippen LogP contribution in [0.4, 0.5) is 0 Å². The van der Waals surface area contributed by atoms with E-state index >= 15 is 0 Å². The van der Waals surface area contributed by atoms with Gasteiger partial charge in [0.05, 0.1) is 7.11 Å². The van der Waals surface area contributed by atoms with E-state index in [0.717, 1.165) is 11.3 Å². The van der Waals surface area contributed by atoms with Crippen LogP contribution in [0.5, 0.6) is 5.75 Å². The average molecular weight is 259 g/mol. The number of amides is 1. The molecule has 0 spiro atoms. The smallest absolute Gasteiger partial charge is 0.244 e. The Labute approximate surface area is 112 Å². The summed E-state index contributed by atoms with van der Waals surface area (Å²) >= 11 is 0. The van der Waals surface area contributed by atoms with Crippen LogP contribution in [0, 0.1) is 0 Å². The van der Waals surface area contributed by atoms with Gasteiger partial charge in [-0.05, 0) is 30.7 Å². The van der Waals surface area contributed by atoms with E-state index in [2.05, 4.69) is 10.4 Å². The van der Waals surface area contributed by atoms with Gasteiger partial charge in [-0.1, -0.05) is 12.1 Å². The van der Waals surface area contributed by atoms with Crippen molar-refractivity contribution in [1.29, 1.82) is 0 Å². The maximum absolute atomic E-state index is 11.9. The quantitative estimate of drug-likeness (QED) is 0.890. The van der Waals surface area contributed by atoms with Crippen molar-refractivity contribution in [3.63, 3.8) is 0 Å². The average Bonchev–Trinajstić information content (AvgIpc) is 2.98. The summed E-state index contributed by atoms with van der Waals surface area (Å²) in [6, 6.07) is 9.09. The molecule has 1 amide bonds. The molecule has 0 radical (unpaired) electrons. The summed E-state index contributed by atoms with van der Waals surface area (Å²) in [7, 11) is 1.63. The molecule has 2 aromatic rings. The number of nitrogens with zero attached hydrogens (tertiary/aromatic N) is 2. The summed E-state index contributed by atoms with van der Waals surface area (Å²) in [6.07, 6.45) is 3.44. The minimum absolute atomic E-state index is 0.0560. The number of hydrogen-bond acceptors (Lipinski definition) is 3. The Balaban J connectivity index is 1.89. The van der Waals surface area contributed by atoms with Gasteiger partial charge in [0.2, 0.25) is 5.91 Å². The van der Waals surface area contributed by atoms with Gasteiger partial charge in [0.15, 0.2) is 0 Å². The standard InChI is InChI=1S/C14H17N3O2/c1-11(17-9-3-8-16-17)14(18)15-10-12-4-6-13(19-2)7-5-12/h3-9,11H,10H2,1-2H3,(H,15,18). The molecule has 5 nitrogen and oxygen atoms in total. The SMILES string of the molecule is COc1ccc(CNC(=O)C(C)n2cccn2)cc1. The van der Waals surface area contributed by atoms with E-state index in [4.69, 9.17) is 4.74 Å². The fourth-order valence-electron chi connectivity index (χ4n) is 1.71. The van der Waals surface area contributed by atoms with Crippen LogP contribution in [0.3, 0.4) is 0 Å².